The molecular weight excluding hydrogens is 236 g/mol. The quantitative estimate of drug-likeness (QED) is 0.594. The fraction of sp³-hybridized carbons (Fsp3) is 0.941. The zero-order chi connectivity index (χ0) is 15.3. The van der Waals surface area contributed by atoms with Gasteiger partial charge in [-0.25, -0.2) is 0 Å². The molecule has 0 fully saturated rings. The highest BCUT2D eigenvalue weighted by molar-refractivity contribution is 5.73. The number of carbonyl (C=O) groups is 1. The summed E-state index contributed by atoms with van der Waals surface area (Å²) in [5.41, 5.74) is 0.139. The summed E-state index contributed by atoms with van der Waals surface area (Å²) in [5, 5.41) is 0. The second-order valence-corrected chi connectivity index (χ2v) is 7.52. The maximum atomic E-state index is 12.5. The number of hydrogen-bond donors (Lipinski definition) is 0. The Morgan fingerprint density at radius 1 is 1.00 bits per heavy atom. The van der Waals surface area contributed by atoms with Gasteiger partial charge in [0.15, 0.2) is 0 Å². The maximum Gasteiger partial charge on any atom is 0.309 e. The van der Waals surface area contributed by atoms with Crippen LogP contribution in [0.25, 0.3) is 0 Å². The predicted octanol–water partition coefficient (Wildman–Crippen LogP) is 5.21. The van der Waals surface area contributed by atoms with E-state index in [2.05, 4.69) is 55.4 Å². The van der Waals surface area contributed by atoms with Gasteiger partial charge < -0.3 is 4.74 Å². The first-order chi connectivity index (χ1) is 8.57. The van der Waals surface area contributed by atoms with E-state index < -0.39 is 0 Å². The summed E-state index contributed by atoms with van der Waals surface area (Å²) in [6.45, 7) is 17.2. The number of ether oxygens (including phenoxy) is 1. The summed E-state index contributed by atoms with van der Waals surface area (Å²) >= 11 is 0. The molecule has 2 nitrogen and oxygen atoms in total. The van der Waals surface area contributed by atoms with E-state index in [0.717, 1.165) is 25.7 Å². The van der Waals surface area contributed by atoms with Crippen molar-refractivity contribution in [3.05, 3.63) is 0 Å². The van der Waals surface area contributed by atoms with Crippen molar-refractivity contribution in [3.63, 3.8) is 0 Å². The van der Waals surface area contributed by atoms with Gasteiger partial charge in [-0.2, -0.15) is 0 Å². The van der Waals surface area contributed by atoms with Crippen molar-refractivity contribution >= 4 is 5.97 Å². The SMILES string of the molecule is CCC(CC)OC(=O)C(CC(C)(C)CC)C(C)(C)C. The zero-order valence-corrected chi connectivity index (χ0v) is 14.3. The highest BCUT2D eigenvalue weighted by Crippen LogP contribution is 2.38. The highest BCUT2D eigenvalue weighted by atomic mass is 16.5. The Kier molecular flexibility index (Phi) is 7.10. The van der Waals surface area contributed by atoms with Gasteiger partial charge in [-0.05, 0) is 30.1 Å². The van der Waals surface area contributed by atoms with Gasteiger partial charge in [0, 0.05) is 0 Å². The summed E-state index contributed by atoms with van der Waals surface area (Å²) in [6, 6.07) is 0. The van der Waals surface area contributed by atoms with Gasteiger partial charge in [-0.1, -0.05) is 61.8 Å². The van der Waals surface area contributed by atoms with Crippen LogP contribution in [0.1, 0.15) is 81.1 Å². The molecule has 0 aliphatic carbocycles. The summed E-state index contributed by atoms with van der Waals surface area (Å²) in [5.74, 6) is -0.0363. The number of carbonyl (C=O) groups excluding carboxylic acids is 1. The van der Waals surface area contributed by atoms with Crippen LogP contribution in [0.4, 0.5) is 0 Å². The number of esters is 1. The minimum Gasteiger partial charge on any atom is -0.462 e. The third-order valence-corrected chi connectivity index (χ3v) is 4.24. The van der Waals surface area contributed by atoms with E-state index in [4.69, 9.17) is 4.74 Å². The molecule has 0 aromatic rings. The lowest BCUT2D eigenvalue weighted by Crippen LogP contribution is -2.36. The van der Waals surface area contributed by atoms with Crippen LogP contribution >= 0.6 is 0 Å². The van der Waals surface area contributed by atoms with Gasteiger partial charge in [0.1, 0.15) is 6.10 Å². The van der Waals surface area contributed by atoms with Crippen molar-refractivity contribution in [3.8, 4) is 0 Å². The van der Waals surface area contributed by atoms with Crippen LogP contribution in [0.2, 0.25) is 0 Å². The minimum atomic E-state index is -0.0461. The molecule has 0 aromatic carbocycles. The number of hydrogen-bond acceptors (Lipinski definition) is 2. The Labute approximate surface area is 120 Å². The highest BCUT2D eigenvalue weighted by Gasteiger charge is 2.37. The molecule has 1 unspecified atom stereocenters. The fourth-order valence-corrected chi connectivity index (χ4v) is 2.14. The van der Waals surface area contributed by atoms with E-state index in [-0.39, 0.29) is 28.8 Å². The lowest BCUT2D eigenvalue weighted by atomic mass is 9.70. The zero-order valence-electron chi connectivity index (χ0n) is 14.3. The topological polar surface area (TPSA) is 26.3 Å². The van der Waals surface area contributed by atoms with E-state index in [0.29, 0.717) is 0 Å². The largest absolute Gasteiger partial charge is 0.462 e. The first-order valence-electron chi connectivity index (χ1n) is 7.77. The van der Waals surface area contributed by atoms with Gasteiger partial charge in [0.25, 0.3) is 0 Å². The maximum absolute atomic E-state index is 12.5. The molecule has 2 heteroatoms. The van der Waals surface area contributed by atoms with Crippen molar-refractivity contribution in [2.24, 2.45) is 16.7 Å². The minimum absolute atomic E-state index is 0.0114. The number of rotatable bonds is 7. The van der Waals surface area contributed by atoms with Crippen molar-refractivity contribution < 1.29 is 9.53 Å². The second-order valence-electron chi connectivity index (χ2n) is 7.52. The third-order valence-electron chi connectivity index (χ3n) is 4.24. The molecule has 114 valence electrons. The fourth-order valence-electron chi connectivity index (χ4n) is 2.14. The van der Waals surface area contributed by atoms with Gasteiger partial charge in [-0.15, -0.1) is 0 Å². The molecule has 0 amide bonds. The van der Waals surface area contributed by atoms with E-state index in [1.807, 2.05) is 0 Å². The summed E-state index contributed by atoms with van der Waals surface area (Å²) < 4.78 is 5.69. The molecule has 0 saturated heterocycles. The molecule has 0 bridgehead atoms. The van der Waals surface area contributed by atoms with E-state index in [9.17, 15) is 4.79 Å². The lowest BCUT2D eigenvalue weighted by Gasteiger charge is -2.36. The van der Waals surface area contributed by atoms with Crippen molar-refractivity contribution in [2.75, 3.05) is 0 Å². The predicted molar refractivity (Wildman–Crippen MR) is 82.1 cm³/mol. The average Bonchev–Trinajstić information content (AvgIpc) is 2.31. The molecule has 1 atom stereocenters. The smallest absolute Gasteiger partial charge is 0.309 e. The molecule has 0 aromatic heterocycles. The molecule has 0 heterocycles. The Balaban J connectivity index is 4.91. The Bertz CT molecular complexity index is 269. The van der Waals surface area contributed by atoms with E-state index in [1.54, 1.807) is 0 Å². The standard InChI is InChI=1S/C17H34O2/c1-9-13(10-2)19-15(18)14(16(4,5)6)12-17(7,8)11-3/h13-14H,9-12H2,1-8H3. The first kappa shape index (κ1) is 18.5. The van der Waals surface area contributed by atoms with Crippen LogP contribution in [0.3, 0.4) is 0 Å². The monoisotopic (exact) mass is 270 g/mol. The van der Waals surface area contributed by atoms with Crippen LogP contribution in [-0.4, -0.2) is 12.1 Å². The molecule has 0 spiro atoms. The van der Waals surface area contributed by atoms with Gasteiger partial charge in [-0.3, -0.25) is 4.79 Å². The second kappa shape index (κ2) is 7.31. The Hall–Kier alpha value is -0.530. The van der Waals surface area contributed by atoms with Crippen LogP contribution in [0.5, 0.6) is 0 Å². The van der Waals surface area contributed by atoms with Crippen LogP contribution < -0.4 is 0 Å². The van der Waals surface area contributed by atoms with Gasteiger partial charge in [0.05, 0.1) is 5.92 Å². The lowest BCUT2D eigenvalue weighted by molar-refractivity contribution is -0.160. The van der Waals surface area contributed by atoms with Crippen molar-refractivity contribution in [2.45, 2.75) is 87.2 Å². The van der Waals surface area contributed by atoms with Crippen molar-refractivity contribution in [1.82, 2.24) is 0 Å². The van der Waals surface area contributed by atoms with Crippen molar-refractivity contribution in [1.29, 1.82) is 0 Å². The van der Waals surface area contributed by atoms with E-state index in [1.165, 1.54) is 0 Å². The molecule has 0 saturated carbocycles. The van der Waals surface area contributed by atoms with E-state index >= 15 is 0 Å². The summed E-state index contributed by atoms with van der Waals surface area (Å²) in [6.07, 6.45) is 3.85. The molecule has 19 heavy (non-hydrogen) atoms. The molecule has 0 aliphatic rings. The molecule has 0 radical (unpaired) electrons. The van der Waals surface area contributed by atoms with Crippen LogP contribution in [0, 0.1) is 16.7 Å². The summed E-state index contributed by atoms with van der Waals surface area (Å²) in [4.78, 5) is 12.5. The molecule has 0 aliphatic heterocycles. The van der Waals surface area contributed by atoms with Gasteiger partial charge >= 0.3 is 5.97 Å². The summed E-state index contributed by atoms with van der Waals surface area (Å²) in [7, 11) is 0. The Morgan fingerprint density at radius 2 is 1.47 bits per heavy atom. The molecule has 0 rings (SSSR count). The third kappa shape index (κ3) is 6.44. The molecule has 0 N–H and O–H groups in total. The van der Waals surface area contributed by atoms with Gasteiger partial charge in [0.2, 0.25) is 0 Å². The average molecular weight is 270 g/mol. The normalized spacial score (nSPS) is 14.6. The Morgan fingerprint density at radius 3 is 1.79 bits per heavy atom. The van der Waals surface area contributed by atoms with Crippen LogP contribution in [-0.2, 0) is 9.53 Å². The molecular formula is C17H34O2. The first-order valence-corrected chi connectivity index (χ1v) is 7.77. The van der Waals surface area contributed by atoms with Crippen LogP contribution in [0.15, 0.2) is 0 Å².